The Balaban J connectivity index is 1.42. The number of aromatic nitrogens is 1. The van der Waals surface area contributed by atoms with Gasteiger partial charge in [0.15, 0.2) is 0 Å². The number of carbonyl (C=O) groups is 2. The monoisotopic (exact) mass is 737 g/mol. The van der Waals surface area contributed by atoms with E-state index < -0.39 is 36.9 Å². The lowest BCUT2D eigenvalue weighted by Crippen LogP contribution is -2.19. The normalized spacial score (nSPS) is 11.9. The molecule has 2 amide bonds. The second kappa shape index (κ2) is 14.5. The molecule has 5 aromatic rings. The largest absolute Gasteiger partial charge is 0.320 e. The molecule has 21 heteroatoms. The highest BCUT2D eigenvalue weighted by Gasteiger charge is 2.21. The fraction of sp³-hybridized carbons (Fsp3) is 0. The number of hydrogen-bond donors (Lipinski definition) is 6. The van der Waals surface area contributed by atoms with Crippen LogP contribution >= 0.6 is 24.1 Å². The molecule has 0 unspecified atom stereocenters. The first-order valence-corrected chi connectivity index (χ1v) is 17.1. The molecule has 250 valence electrons. The summed E-state index contributed by atoms with van der Waals surface area (Å²) in [5.41, 5.74) is -0.757. The molecular weight excluding hydrogens is 719 g/mol. The van der Waals surface area contributed by atoms with Gasteiger partial charge in [-0.15, -0.1) is 8.67 Å². The number of anilines is 2. The van der Waals surface area contributed by atoms with E-state index in [1.807, 2.05) is 0 Å². The third kappa shape index (κ3) is 8.24. The van der Waals surface area contributed by atoms with Crippen LogP contribution in [-0.2, 0) is 39.0 Å². The van der Waals surface area contributed by atoms with Gasteiger partial charge in [-0.2, -0.15) is 16.8 Å². The van der Waals surface area contributed by atoms with Gasteiger partial charge in [-0.1, -0.05) is 28.3 Å². The van der Waals surface area contributed by atoms with Crippen LogP contribution in [0.2, 0.25) is 0 Å². The van der Waals surface area contributed by atoms with Crippen molar-refractivity contribution in [1.82, 2.24) is 4.98 Å². The van der Waals surface area contributed by atoms with E-state index in [0.29, 0.717) is 50.5 Å². The molecular formula is C27H19N3O14S4. The van der Waals surface area contributed by atoms with Crippen LogP contribution in [0.15, 0.2) is 98.4 Å². The van der Waals surface area contributed by atoms with Gasteiger partial charge in [-0.05, 0) is 82.2 Å². The molecule has 0 fully saturated rings. The topological polar surface area (TPSA) is 257 Å². The molecule has 0 saturated heterocycles. The van der Waals surface area contributed by atoms with Crippen LogP contribution < -0.4 is 10.6 Å². The van der Waals surface area contributed by atoms with Crippen molar-refractivity contribution < 1.29 is 64.8 Å². The lowest BCUT2D eigenvalue weighted by Gasteiger charge is -2.13. The molecule has 1 aromatic heterocycles. The van der Waals surface area contributed by atoms with Gasteiger partial charge in [0.05, 0.1) is 45.3 Å². The van der Waals surface area contributed by atoms with Crippen LogP contribution in [0.3, 0.4) is 0 Å². The Morgan fingerprint density at radius 2 is 1.23 bits per heavy atom. The molecule has 0 aliphatic rings. The van der Waals surface area contributed by atoms with E-state index in [-0.39, 0.29) is 32.6 Å². The van der Waals surface area contributed by atoms with Crippen LogP contribution in [0.25, 0.3) is 21.5 Å². The zero-order valence-electron chi connectivity index (χ0n) is 23.5. The van der Waals surface area contributed by atoms with Crippen molar-refractivity contribution in [3.8, 4) is 0 Å². The molecule has 0 saturated carbocycles. The number of amides is 2. The molecule has 0 radical (unpaired) electrons. The molecule has 0 aliphatic carbocycles. The molecule has 6 N–H and O–H groups in total. The molecule has 1 heterocycles. The fourth-order valence-corrected chi connectivity index (χ4v) is 6.43. The molecule has 0 aliphatic heterocycles. The van der Waals surface area contributed by atoms with Gasteiger partial charge in [-0.25, -0.2) is 15.5 Å². The predicted molar refractivity (Wildman–Crippen MR) is 169 cm³/mol. The average molecular weight is 738 g/mol. The molecule has 0 bridgehead atoms. The minimum atomic E-state index is -4.86. The Bertz CT molecular complexity index is 2290. The van der Waals surface area contributed by atoms with Crippen molar-refractivity contribution >= 4 is 89.1 Å². The Kier molecular flexibility index (Phi) is 10.6. The molecule has 0 atom stereocenters. The molecule has 0 spiro atoms. The highest BCUT2D eigenvalue weighted by atomic mass is 32.2. The molecule has 48 heavy (non-hydrogen) atoms. The number of fused-ring (bicyclic) bond motifs is 2. The predicted octanol–water partition coefficient (Wildman–Crippen LogP) is 5.24. The Morgan fingerprint density at radius 3 is 1.85 bits per heavy atom. The van der Waals surface area contributed by atoms with Gasteiger partial charge in [0.1, 0.15) is 16.3 Å². The number of hydrogen-bond acceptors (Lipinski definition) is 15. The number of pyridine rings is 1. The van der Waals surface area contributed by atoms with Gasteiger partial charge in [-0.3, -0.25) is 18.7 Å². The smallest absolute Gasteiger partial charge is 0.296 e. The third-order valence-corrected chi connectivity index (χ3v) is 9.39. The summed E-state index contributed by atoms with van der Waals surface area (Å²) in [6, 6.07) is 17.4. The minimum Gasteiger partial charge on any atom is -0.320 e. The van der Waals surface area contributed by atoms with Crippen molar-refractivity contribution in [3.63, 3.8) is 0 Å². The SMILES string of the molecule is O=C(Nc1cc2ccc(S(=O)(=O)O)cc2cc1SOOO)c1cccc(C(=O)Nc2cc3ccc(SOOO)cc3cc2S(=O)(=O)O)n1. The van der Waals surface area contributed by atoms with E-state index in [0.717, 1.165) is 12.1 Å². The maximum Gasteiger partial charge on any atom is 0.296 e. The van der Waals surface area contributed by atoms with Crippen LogP contribution in [0, 0.1) is 0 Å². The van der Waals surface area contributed by atoms with Crippen LogP contribution in [0.4, 0.5) is 11.4 Å². The lowest BCUT2D eigenvalue weighted by molar-refractivity contribution is -0.432. The van der Waals surface area contributed by atoms with Crippen molar-refractivity contribution in [2.75, 3.05) is 10.6 Å². The van der Waals surface area contributed by atoms with E-state index in [1.54, 1.807) is 12.1 Å². The van der Waals surface area contributed by atoms with Crippen LogP contribution in [0.5, 0.6) is 0 Å². The van der Waals surface area contributed by atoms with Crippen LogP contribution in [0.1, 0.15) is 21.0 Å². The van der Waals surface area contributed by atoms with Crippen molar-refractivity contribution in [1.29, 1.82) is 0 Å². The first-order valence-electron chi connectivity index (χ1n) is 12.8. The maximum absolute atomic E-state index is 13.2. The van der Waals surface area contributed by atoms with Crippen molar-refractivity contribution in [2.45, 2.75) is 19.6 Å². The lowest BCUT2D eigenvalue weighted by atomic mass is 10.1. The zero-order chi connectivity index (χ0) is 34.6. The summed E-state index contributed by atoms with van der Waals surface area (Å²) in [5, 5.41) is 30.6. The van der Waals surface area contributed by atoms with E-state index >= 15 is 0 Å². The highest BCUT2D eigenvalue weighted by Crippen LogP contribution is 2.34. The summed E-state index contributed by atoms with van der Waals surface area (Å²) in [6.45, 7) is 0. The first kappa shape index (κ1) is 35.1. The van der Waals surface area contributed by atoms with Gasteiger partial charge in [0.25, 0.3) is 32.1 Å². The summed E-state index contributed by atoms with van der Waals surface area (Å²) >= 11 is 1.08. The average Bonchev–Trinajstić information content (AvgIpc) is 3.04. The highest BCUT2D eigenvalue weighted by molar-refractivity contribution is 7.95. The van der Waals surface area contributed by atoms with Gasteiger partial charge < -0.3 is 10.6 Å². The van der Waals surface area contributed by atoms with Gasteiger partial charge >= 0.3 is 0 Å². The number of carbonyl (C=O) groups excluding carboxylic acids is 2. The summed E-state index contributed by atoms with van der Waals surface area (Å²) in [5.74, 6) is -1.75. The van der Waals surface area contributed by atoms with Crippen molar-refractivity contribution in [2.24, 2.45) is 0 Å². The van der Waals surface area contributed by atoms with E-state index in [2.05, 4.69) is 34.4 Å². The summed E-state index contributed by atoms with van der Waals surface area (Å²) in [4.78, 5) is 30.0. The van der Waals surface area contributed by atoms with Gasteiger partial charge in [0, 0.05) is 4.90 Å². The zero-order valence-corrected chi connectivity index (χ0v) is 26.7. The summed E-state index contributed by atoms with van der Waals surface area (Å²) < 4.78 is 75.6. The van der Waals surface area contributed by atoms with E-state index in [4.69, 9.17) is 10.5 Å². The fourth-order valence-electron chi connectivity index (χ4n) is 4.37. The second-order valence-electron chi connectivity index (χ2n) is 9.43. The quantitative estimate of drug-likeness (QED) is 0.0414. The molecule has 17 nitrogen and oxygen atoms in total. The Labute approximate surface area is 278 Å². The number of nitrogens with zero attached hydrogens (tertiary/aromatic N) is 1. The first-order chi connectivity index (χ1) is 22.8. The van der Waals surface area contributed by atoms with Crippen LogP contribution in [-0.4, -0.2) is 53.3 Å². The van der Waals surface area contributed by atoms with E-state index in [9.17, 15) is 35.5 Å². The minimum absolute atomic E-state index is 0.0942. The molecule has 4 aromatic carbocycles. The van der Waals surface area contributed by atoms with Gasteiger partial charge in [0.2, 0.25) is 0 Å². The number of rotatable bonds is 12. The van der Waals surface area contributed by atoms with E-state index in [1.165, 1.54) is 54.6 Å². The standard InChI is InChI=1S/C27H19N3O14S4/c31-26(29-22-10-15-5-7-19(47(35,36)37)9-17(15)12-24(22)46-44-42-34)20-2-1-3-21(28-20)27(32)30-23-11-14-4-6-18(45-43-41-33)8-16(14)13-25(23)48(38,39)40/h1-13,33-34H,(H,29,31)(H,30,32)(H,35,36,37)(H,38,39,40). The Morgan fingerprint density at radius 1 is 0.646 bits per heavy atom. The number of nitrogens with one attached hydrogen (secondary N) is 2. The Hall–Kier alpha value is -4.23. The summed E-state index contributed by atoms with van der Waals surface area (Å²) in [6.07, 6.45) is 0. The number of benzene rings is 4. The molecule has 5 rings (SSSR count). The van der Waals surface area contributed by atoms with Crippen molar-refractivity contribution in [3.05, 3.63) is 90.3 Å². The third-order valence-electron chi connectivity index (χ3n) is 6.42. The second-order valence-corrected chi connectivity index (χ2v) is 13.8. The maximum atomic E-state index is 13.2. The summed E-state index contributed by atoms with van der Waals surface area (Å²) in [7, 11) is -9.37.